The second-order valence-corrected chi connectivity index (χ2v) is 5.53. The lowest BCUT2D eigenvalue weighted by atomic mass is 9.98. The predicted molar refractivity (Wildman–Crippen MR) is 78.9 cm³/mol. The van der Waals surface area contributed by atoms with E-state index in [-0.39, 0.29) is 12.6 Å². The largest absolute Gasteiger partial charge is 0.473 e. The molecule has 1 fully saturated rings. The van der Waals surface area contributed by atoms with Gasteiger partial charge in [0, 0.05) is 12.6 Å². The highest BCUT2D eigenvalue weighted by Gasteiger charge is 2.15. The minimum atomic E-state index is 0.225. The Labute approximate surface area is 120 Å². The van der Waals surface area contributed by atoms with Crippen LogP contribution in [0.4, 0.5) is 5.82 Å². The van der Waals surface area contributed by atoms with Crippen LogP contribution in [0.5, 0.6) is 5.88 Å². The number of aromatic nitrogens is 2. The molecule has 2 rings (SSSR count). The van der Waals surface area contributed by atoms with Crippen LogP contribution >= 0.6 is 0 Å². The molecule has 0 amide bonds. The van der Waals surface area contributed by atoms with Crippen LogP contribution in [0.1, 0.15) is 51.9 Å². The predicted octanol–water partition coefficient (Wildman–Crippen LogP) is 2.76. The van der Waals surface area contributed by atoms with Crippen molar-refractivity contribution >= 4 is 5.82 Å². The highest BCUT2D eigenvalue weighted by Crippen LogP contribution is 2.22. The molecule has 5 nitrogen and oxygen atoms in total. The molecule has 1 aromatic heterocycles. The van der Waals surface area contributed by atoms with E-state index in [1.54, 1.807) is 12.4 Å². The van der Waals surface area contributed by atoms with Gasteiger partial charge in [0.25, 0.3) is 0 Å². The van der Waals surface area contributed by atoms with Gasteiger partial charge >= 0.3 is 0 Å². The standard InChI is InChI=1S/C15H25N3O2/c1-12(6-5-9-19)17-14-10-16-11-15(18-14)20-13-7-3-2-4-8-13/h10-13,19H,2-9H2,1H3,(H,17,18). The molecule has 1 unspecified atom stereocenters. The molecule has 0 spiro atoms. The molecule has 112 valence electrons. The Hall–Kier alpha value is -1.36. The minimum Gasteiger partial charge on any atom is -0.473 e. The summed E-state index contributed by atoms with van der Waals surface area (Å²) in [7, 11) is 0. The molecule has 0 aliphatic heterocycles. The first-order valence-electron chi connectivity index (χ1n) is 7.64. The van der Waals surface area contributed by atoms with E-state index in [9.17, 15) is 0 Å². The number of aliphatic hydroxyl groups is 1. The molecule has 1 aliphatic rings. The van der Waals surface area contributed by atoms with Gasteiger partial charge in [-0.2, -0.15) is 4.98 Å². The molecule has 0 bridgehead atoms. The van der Waals surface area contributed by atoms with Gasteiger partial charge in [0.2, 0.25) is 5.88 Å². The van der Waals surface area contributed by atoms with Gasteiger partial charge < -0.3 is 15.2 Å². The number of aliphatic hydroxyl groups excluding tert-OH is 1. The van der Waals surface area contributed by atoms with Crippen LogP contribution in [-0.4, -0.2) is 33.8 Å². The summed E-state index contributed by atoms with van der Waals surface area (Å²) in [5.74, 6) is 1.35. The molecule has 2 N–H and O–H groups in total. The van der Waals surface area contributed by atoms with Crippen molar-refractivity contribution < 1.29 is 9.84 Å². The number of rotatable bonds is 7. The van der Waals surface area contributed by atoms with Gasteiger partial charge in [0.05, 0.1) is 12.4 Å². The minimum absolute atomic E-state index is 0.225. The van der Waals surface area contributed by atoms with Crippen LogP contribution in [-0.2, 0) is 0 Å². The average Bonchev–Trinajstić information content (AvgIpc) is 2.46. The highest BCUT2D eigenvalue weighted by molar-refractivity contribution is 5.34. The van der Waals surface area contributed by atoms with Crippen LogP contribution in [0.3, 0.4) is 0 Å². The molecule has 1 aromatic rings. The van der Waals surface area contributed by atoms with Gasteiger partial charge in [-0.25, -0.2) is 0 Å². The lowest BCUT2D eigenvalue weighted by molar-refractivity contribution is 0.148. The van der Waals surface area contributed by atoms with Gasteiger partial charge in [-0.05, 0) is 45.4 Å². The Kier molecular flexibility index (Phi) is 6.05. The third kappa shape index (κ3) is 4.96. The van der Waals surface area contributed by atoms with Gasteiger partial charge in [-0.15, -0.1) is 0 Å². The smallest absolute Gasteiger partial charge is 0.234 e. The lowest BCUT2D eigenvalue weighted by Crippen LogP contribution is -2.21. The van der Waals surface area contributed by atoms with Gasteiger partial charge in [-0.1, -0.05) is 6.42 Å². The molecule has 1 aliphatic carbocycles. The second-order valence-electron chi connectivity index (χ2n) is 5.53. The Morgan fingerprint density at radius 3 is 2.90 bits per heavy atom. The third-order valence-corrected chi connectivity index (χ3v) is 3.64. The zero-order valence-electron chi connectivity index (χ0n) is 12.2. The Morgan fingerprint density at radius 1 is 1.35 bits per heavy atom. The fourth-order valence-corrected chi connectivity index (χ4v) is 2.55. The number of anilines is 1. The second kappa shape index (κ2) is 8.04. The number of nitrogens with zero attached hydrogens (tertiary/aromatic N) is 2. The van der Waals surface area contributed by atoms with E-state index in [0.29, 0.717) is 12.0 Å². The molecular formula is C15H25N3O2. The van der Waals surface area contributed by atoms with Gasteiger partial charge in [-0.3, -0.25) is 4.98 Å². The van der Waals surface area contributed by atoms with Gasteiger partial charge in [0.15, 0.2) is 0 Å². The Morgan fingerprint density at radius 2 is 2.15 bits per heavy atom. The van der Waals surface area contributed by atoms with Crippen LogP contribution in [0.15, 0.2) is 12.4 Å². The van der Waals surface area contributed by atoms with E-state index >= 15 is 0 Å². The zero-order valence-corrected chi connectivity index (χ0v) is 12.2. The maximum Gasteiger partial charge on any atom is 0.234 e. The fourth-order valence-electron chi connectivity index (χ4n) is 2.55. The number of hydrogen-bond donors (Lipinski definition) is 2. The van der Waals surface area contributed by atoms with E-state index in [1.165, 1.54) is 19.3 Å². The first kappa shape index (κ1) is 15.0. The maximum absolute atomic E-state index is 8.83. The van der Waals surface area contributed by atoms with E-state index in [1.807, 2.05) is 0 Å². The molecule has 0 radical (unpaired) electrons. The number of hydrogen-bond acceptors (Lipinski definition) is 5. The van der Waals surface area contributed by atoms with Crippen LogP contribution < -0.4 is 10.1 Å². The van der Waals surface area contributed by atoms with Crippen LogP contribution in [0.25, 0.3) is 0 Å². The summed E-state index contributed by atoms with van der Waals surface area (Å²) in [6, 6.07) is 0.265. The van der Waals surface area contributed by atoms with E-state index in [2.05, 4.69) is 22.2 Å². The molecular weight excluding hydrogens is 254 g/mol. The molecule has 1 heterocycles. The van der Waals surface area contributed by atoms with Gasteiger partial charge in [0.1, 0.15) is 11.9 Å². The average molecular weight is 279 g/mol. The fraction of sp³-hybridized carbons (Fsp3) is 0.733. The quantitative estimate of drug-likeness (QED) is 0.803. The first-order valence-corrected chi connectivity index (χ1v) is 7.64. The summed E-state index contributed by atoms with van der Waals surface area (Å²) in [6.07, 6.45) is 11.4. The first-order chi connectivity index (χ1) is 9.78. The van der Waals surface area contributed by atoms with Crippen molar-refractivity contribution in [1.82, 2.24) is 9.97 Å². The number of ether oxygens (including phenoxy) is 1. The summed E-state index contributed by atoms with van der Waals surface area (Å²) < 4.78 is 5.91. The van der Waals surface area contributed by atoms with Crippen molar-refractivity contribution in [2.24, 2.45) is 0 Å². The SMILES string of the molecule is CC(CCCO)Nc1cncc(OC2CCCCC2)n1. The molecule has 20 heavy (non-hydrogen) atoms. The van der Waals surface area contributed by atoms with Crippen molar-refractivity contribution in [3.8, 4) is 5.88 Å². The summed E-state index contributed by atoms with van der Waals surface area (Å²) in [5.41, 5.74) is 0. The van der Waals surface area contributed by atoms with Crippen molar-refractivity contribution in [2.75, 3.05) is 11.9 Å². The van der Waals surface area contributed by atoms with Crippen molar-refractivity contribution in [2.45, 2.75) is 64.0 Å². The molecule has 5 heteroatoms. The number of nitrogens with one attached hydrogen (secondary N) is 1. The van der Waals surface area contributed by atoms with Crippen LogP contribution in [0, 0.1) is 0 Å². The highest BCUT2D eigenvalue weighted by atomic mass is 16.5. The Balaban J connectivity index is 1.86. The molecule has 1 saturated carbocycles. The lowest BCUT2D eigenvalue weighted by Gasteiger charge is -2.22. The summed E-state index contributed by atoms with van der Waals surface area (Å²) >= 11 is 0. The van der Waals surface area contributed by atoms with Crippen molar-refractivity contribution in [3.63, 3.8) is 0 Å². The van der Waals surface area contributed by atoms with Crippen LogP contribution in [0.2, 0.25) is 0 Å². The molecule has 1 atom stereocenters. The normalized spacial score (nSPS) is 17.7. The van der Waals surface area contributed by atoms with E-state index in [0.717, 1.165) is 31.5 Å². The molecule has 0 saturated heterocycles. The Bertz CT molecular complexity index is 394. The summed E-state index contributed by atoms with van der Waals surface area (Å²) in [4.78, 5) is 8.64. The summed E-state index contributed by atoms with van der Waals surface area (Å²) in [6.45, 7) is 2.30. The maximum atomic E-state index is 8.83. The van der Waals surface area contributed by atoms with E-state index < -0.39 is 0 Å². The molecule has 0 aromatic carbocycles. The summed E-state index contributed by atoms with van der Waals surface area (Å²) in [5, 5.41) is 12.1. The third-order valence-electron chi connectivity index (χ3n) is 3.64. The van der Waals surface area contributed by atoms with Crippen molar-refractivity contribution in [3.05, 3.63) is 12.4 Å². The monoisotopic (exact) mass is 279 g/mol. The topological polar surface area (TPSA) is 67.3 Å². The van der Waals surface area contributed by atoms with Crippen molar-refractivity contribution in [1.29, 1.82) is 0 Å². The zero-order chi connectivity index (χ0) is 14.2. The van der Waals surface area contributed by atoms with E-state index in [4.69, 9.17) is 9.84 Å².